The van der Waals surface area contributed by atoms with Gasteiger partial charge in [-0.2, -0.15) is 0 Å². The molecule has 0 radical (unpaired) electrons. The van der Waals surface area contributed by atoms with Crippen LogP contribution in [0.1, 0.15) is 17.5 Å². The highest BCUT2D eigenvalue weighted by Gasteiger charge is 2.41. The van der Waals surface area contributed by atoms with Crippen LogP contribution in [0.3, 0.4) is 0 Å². The second kappa shape index (κ2) is 3.68. The van der Waals surface area contributed by atoms with E-state index in [0.29, 0.717) is 32.5 Å². The van der Waals surface area contributed by atoms with Gasteiger partial charge in [0.2, 0.25) is 0 Å². The number of Topliss-reactive ketones (excluding diaryl/α,β-unsaturated/α-hetero) is 1. The summed E-state index contributed by atoms with van der Waals surface area (Å²) in [6.45, 7) is 1.19. The number of hydrogen-bond donors (Lipinski definition) is 0. The molecule has 3 nitrogen and oxygen atoms in total. The molecule has 3 heteroatoms. The zero-order chi connectivity index (χ0) is 11.0. The summed E-state index contributed by atoms with van der Waals surface area (Å²) < 4.78 is 11.3. The third kappa shape index (κ3) is 1.66. The van der Waals surface area contributed by atoms with E-state index in [9.17, 15) is 4.79 Å². The van der Waals surface area contributed by atoms with Crippen molar-refractivity contribution >= 4 is 5.78 Å². The van der Waals surface area contributed by atoms with Crippen LogP contribution in [-0.2, 0) is 27.1 Å². The monoisotopic (exact) mass is 218 g/mol. The van der Waals surface area contributed by atoms with E-state index in [4.69, 9.17) is 9.47 Å². The fourth-order valence-electron chi connectivity index (χ4n) is 2.53. The van der Waals surface area contributed by atoms with Gasteiger partial charge in [0.1, 0.15) is 5.78 Å². The molecule has 0 N–H and O–H groups in total. The first-order valence-electron chi connectivity index (χ1n) is 5.64. The number of carbonyl (C=O) groups is 1. The number of rotatable bonds is 0. The largest absolute Gasteiger partial charge is 0.347 e. The number of ketones is 1. The predicted molar refractivity (Wildman–Crippen MR) is 58.1 cm³/mol. The minimum Gasteiger partial charge on any atom is -0.347 e. The van der Waals surface area contributed by atoms with E-state index in [1.807, 2.05) is 18.2 Å². The third-order valence-electron chi connectivity index (χ3n) is 3.25. The van der Waals surface area contributed by atoms with Crippen LogP contribution >= 0.6 is 0 Å². The van der Waals surface area contributed by atoms with Crippen molar-refractivity contribution in [3.05, 3.63) is 35.4 Å². The molecule has 1 spiro atoms. The Balaban J connectivity index is 2.00. The fourth-order valence-corrected chi connectivity index (χ4v) is 2.53. The summed E-state index contributed by atoms with van der Waals surface area (Å²) in [5.41, 5.74) is 2.29. The van der Waals surface area contributed by atoms with Gasteiger partial charge < -0.3 is 9.47 Å². The lowest BCUT2D eigenvalue weighted by molar-refractivity contribution is -0.166. The summed E-state index contributed by atoms with van der Waals surface area (Å²) >= 11 is 0. The molecular weight excluding hydrogens is 204 g/mol. The molecule has 0 amide bonds. The molecule has 84 valence electrons. The lowest BCUT2D eigenvalue weighted by Crippen LogP contribution is -2.34. The summed E-state index contributed by atoms with van der Waals surface area (Å²) in [7, 11) is 0. The van der Waals surface area contributed by atoms with Crippen LogP contribution in [-0.4, -0.2) is 24.8 Å². The van der Waals surface area contributed by atoms with E-state index >= 15 is 0 Å². The summed E-state index contributed by atoms with van der Waals surface area (Å²) in [5, 5.41) is 0. The van der Waals surface area contributed by atoms with Crippen LogP contribution in [0, 0.1) is 0 Å². The second-order valence-electron chi connectivity index (χ2n) is 4.45. The molecule has 0 aromatic heterocycles. The van der Waals surface area contributed by atoms with Gasteiger partial charge in [-0.3, -0.25) is 4.79 Å². The molecule has 3 rings (SSSR count). The Hall–Kier alpha value is -1.19. The summed E-state index contributed by atoms with van der Waals surface area (Å²) in [4.78, 5) is 11.8. The van der Waals surface area contributed by atoms with Gasteiger partial charge in [-0.25, -0.2) is 0 Å². The Kier molecular flexibility index (Phi) is 2.30. The second-order valence-corrected chi connectivity index (χ2v) is 4.45. The van der Waals surface area contributed by atoms with Crippen molar-refractivity contribution in [2.24, 2.45) is 0 Å². The summed E-state index contributed by atoms with van der Waals surface area (Å²) in [5.74, 6) is -0.476. The molecule has 1 heterocycles. The predicted octanol–water partition coefficient (Wildman–Crippen LogP) is 1.49. The zero-order valence-electron chi connectivity index (χ0n) is 9.07. The van der Waals surface area contributed by atoms with Crippen LogP contribution in [0.2, 0.25) is 0 Å². The molecule has 1 aliphatic carbocycles. The van der Waals surface area contributed by atoms with Gasteiger partial charge in [0, 0.05) is 12.8 Å². The molecule has 0 saturated carbocycles. The number of hydrogen-bond acceptors (Lipinski definition) is 3. The molecule has 1 fully saturated rings. The van der Waals surface area contributed by atoms with Crippen LogP contribution < -0.4 is 0 Å². The van der Waals surface area contributed by atoms with Gasteiger partial charge in [0.25, 0.3) is 0 Å². The van der Waals surface area contributed by atoms with Gasteiger partial charge in [-0.05, 0) is 11.1 Å². The number of carbonyl (C=O) groups excluding carboxylic acids is 1. The fraction of sp³-hybridized carbons (Fsp3) is 0.462. The lowest BCUT2D eigenvalue weighted by atomic mass is 10.0. The highest BCUT2D eigenvalue weighted by molar-refractivity contribution is 5.82. The van der Waals surface area contributed by atoms with E-state index in [-0.39, 0.29) is 5.78 Å². The first kappa shape index (κ1) is 10.00. The molecule has 2 aliphatic rings. The zero-order valence-corrected chi connectivity index (χ0v) is 9.07. The first-order chi connectivity index (χ1) is 7.77. The molecular formula is C13H14O3. The van der Waals surface area contributed by atoms with Crippen molar-refractivity contribution in [2.45, 2.75) is 25.0 Å². The smallest absolute Gasteiger partial charge is 0.179 e. The maximum absolute atomic E-state index is 11.8. The molecule has 0 atom stereocenters. The molecule has 0 bridgehead atoms. The molecule has 1 aromatic carbocycles. The lowest BCUT2D eigenvalue weighted by Gasteiger charge is -2.25. The minimum atomic E-state index is -0.677. The van der Waals surface area contributed by atoms with Gasteiger partial charge >= 0.3 is 0 Å². The van der Waals surface area contributed by atoms with E-state index in [1.54, 1.807) is 0 Å². The Bertz CT molecular complexity index is 419. The van der Waals surface area contributed by atoms with E-state index < -0.39 is 5.79 Å². The van der Waals surface area contributed by atoms with E-state index in [2.05, 4.69) is 6.07 Å². The van der Waals surface area contributed by atoms with Crippen LogP contribution in [0.25, 0.3) is 0 Å². The Morgan fingerprint density at radius 3 is 2.44 bits per heavy atom. The Morgan fingerprint density at radius 2 is 1.69 bits per heavy atom. The Morgan fingerprint density at radius 1 is 1.00 bits per heavy atom. The molecule has 1 saturated heterocycles. The number of benzene rings is 1. The highest BCUT2D eigenvalue weighted by atomic mass is 16.7. The van der Waals surface area contributed by atoms with Crippen molar-refractivity contribution in [1.82, 2.24) is 0 Å². The highest BCUT2D eigenvalue weighted by Crippen LogP contribution is 2.32. The first-order valence-corrected chi connectivity index (χ1v) is 5.64. The summed E-state index contributed by atoms with van der Waals surface area (Å²) in [6.07, 6.45) is 1.57. The van der Waals surface area contributed by atoms with Crippen LogP contribution in [0.5, 0.6) is 0 Å². The van der Waals surface area contributed by atoms with Gasteiger partial charge in [-0.15, -0.1) is 0 Å². The van der Waals surface area contributed by atoms with Crippen molar-refractivity contribution in [3.8, 4) is 0 Å². The summed E-state index contributed by atoms with van der Waals surface area (Å²) in [6, 6.07) is 8.04. The molecule has 16 heavy (non-hydrogen) atoms. The molecule has 1 aliphatic heterocycles. The quantitative estimate of drug-likeness (QED) is 0.661. The van der Waals surface area contributed by atoms with E-state index in [1.165, 1.54) is 5.56 Å². The van der Waals surface area contributed by atoms with Crippen molar-refractivity contribution < 1.29 is 14.3 Å². The van der Waals surface area contributed by atoms with Gasteiger partial charge in [0.15, 0.2) is 5.79 Å². The van der Waals surface area contributed by atoms with Crippen molar-refractivity contribution in [1.29, 1.82) is 0 Å². The van der Waals surface area contributed by atoms with Crippen molar-refractivity contribution in [2.75, 3.05) is 13.2 Å². The number of fused-ring (bicyclic) bond motifs is 1. The normalized spacial score (nSPS) is 23.1. The van der Waals surface area contributed by atoms with E-state index in [0.717, 1.165) is 5.56 Å². The molecule has 0 unspecified atom stereocenters. The topological polar surface area (TPSA) is 35.5 Å². The van der Waals surface area contributed by atoms with Crippen LogP contribution in [0.4, 0.5) is 0 Å². The third-order valence-corrected chi connectivity index (χ3v) is 3.25. The van der Waals surface area contributed by atoms with Crippen molar-refractivity contribution in [3.63, 3.8) is 0 Å². The maximum Gasteiger partial charge on any atom is 0.179 e. The molecule has 1 aromatic rings. The SMILES string of the molecule is O=C1Cc2ccccc2CC2(C1)OCCO2. The van der Waals surface area contributed by atoms with Crippen LogP contribution in [0.15, 0.2) is 24.3 Å². The average Bonchev–Trinajstić information content (AvgIpc) is 2.62. The standard InChI is InChI=1S/C13H14O3/c14-12-7-10-3-1-2-4-11(10)8-13(9-12)15-5-6-16-13/h1-4H,5-9H2. The Labute approximate surface area is 94.4 Å². The minimum absolute atomic E-state index is 0.201. The van der Waals surface area contributed by atoms with Gasteiger partial charge in [0.05, 0.1) is 19.6 Å². The average molecular weight is 218 g/mol. The maximum atomic E-state index is 11.8. The number of ether oxygens (including phenoxy) is 2. The van der Waals surface area contributed by atoms with Gasteiger partial charge in [-0.1, -0.05) is 24.3 Å².